The van der Waals surface area contributed by atoms with Crippen LogP contribution in [0.25, 0.3) is 0 Å². The fraction of sp³-hybridized carbons (Fsp3) is 0.333. The smallest absolute Gasteiger partial charge is 0.328 e. The van der Waals surface area contributed by atoms with Crippen molar-refractivity contribution in [3.05, 3.63) is 83.1 Å². The van der Waals surface area contributed by atoms with E-state index in [0.717, 1.165) is 11.1 Å². The maximum Gasteiger partial charge on any atom is 0.328 e. The summed E-state index contributed by atoms with van der Waals surface area (Å²) in [7, 11) is 1.27. The van der Waals surface area contributed by atoms with Gasteiger partial charge in [0.1, 0.15) is 6.04 Å². The van der Waals surface area contributed by atoms with E-state index in [2.05, 4.69) is 10.6 Å². The molecule has 1 aliphatic carbocycles. The number of Topliss-reactive ketones (excluding diaryl/α,β-unsaturated/α-hetero) is 1. The summed E-state index contributed by atoms with van der Waals surface area (Å²) in [5.41, 5.74) is 3.23. The molecule has 7 nitrogen and oxygen atoms in total. The summed E-state index contributed by atoms with van der Waals surface area (Å²) in [5.74, 6) is -1.87. The number of esters is 1. The minimum Gasteiger partial charge on any atom is -0.467 e. The first-order valence-corrected chi connectivity index (χ1v) is 11.5. The van der Waals surface area contributed by atoms with Crippen LogP contribution in [-0.4, -0.2) is 36.7 Å². The van der Waals surface area contributed by atoms with Gasteiger partial charge in [-0.15, -0.1) is 0 Å². The van der Waals surface area contributed by atoms with Gasteiger partial charge in [0.2, 0.25) is 11.8 Å². The maximum atomic E-state index is 12.9. The number of ether oxygens (including phenoxy) is 1. The summed E-state index contributed by atoms with van der Waals surface area (Å²) in [6.07, 6.45) is 1.39. The predicted octanol–water partition coefficient (Wildman–Crippen LogP) is 2.81. The maximum absolute atomic E-state index is 12.9. The van der Waals surface area contributed by atoms with Gasteiger partial charge in [-0.1, -0.05) is 60.7 Å². The minimum atomic E-state index is -0.857. The molecule has 2 aromatic carbocycles. The quantitative estimate of drug-likeness (QED) is 0.619. The Balaban J connectivity index is 1.41. The van der Waals surface area contributed by atoms with Crippen molar-refractivity contribution in [2.45, 2.75) is 44.1 Å². The molecule has 0 bridgehead atoms. The van der Waals surface area contributed by atoms with Crippen LogP contribution >= 0.6 is 0 Å². The van der Waals surface area contributed by atoms with Crippen molar-refractivity contribution < 1.29 is 23.9 Å². The van der Waals surface area contributed by atoms with Crippen molar-refractivity contribution >= 4 is 23.6 Å². The Kier molecular flexibility index (Phi) is 7.21. The van der Waals surface area contributed by atoms with Crippen molar-refractivity contribution in [1.82, 2.24) is 10.6 Å². The minimum absolute atomic E-state index is 0.0111. The van der Waals surface area contributed by atoms with Crippen LogP contribution < -0.4 is 10.6 Å². The van der Waals surface area contributed by atoms with Crippen molar-refractivity contribution in [2.75, 3.05) is 7.11 Å². The van der Waals surface area contributed by atoms with Gasteiger partial charge in [-0.05, 0) is 29.9 Å². The molecule has 34 heavy (non-hydrogen) atoms. The first kappa shape index (κ1) is 23.4. The second kappa shape index (κ2) is 10.5. The summed E-state index contributed by atoms with van der Waals surface area (Å²) >= 11 is 0. The van der Waals surface area contributed by atoms with E-state index < -0.39 is 23.8 Å². The van der Waals surface area contributed by atoms with Gasteiger partial charge >= 0.3 is 5.97 Å². The first-order valence-electron chi connectivity index (χ1n) is 11.5. The van der Waals surface area contributed by atoms with Crippen LogP contribution in [0.15, 0.2) is 71.9 Å². The summed E-state index contributed by atoms with van der Waals surface area (Å²) in [6, 6.07) is 18.3. The SMILES string of the molecule is COC(=O)C(Cc1ccccc1)NC(=O)CC1CC2=C(CC(c3ccccc3)CC2=O)NC1=O. The number of hydrogen-bond donors (Lipinski definition) is 2. The highest BCUT2D eigenvalue weighted by atomic mass is 16.5. The molecule has 3 atom stereocenters. The van der Waals surface area contributed by atoms with E-state index in [-0.39, 0.29) is 36.9 Å². The Bertz CT molecular complexity index is 1110. The van der Waals surface area contributed by atoms with Crippen LogP contribution in [0.1, 0.15) is 42.7 Å². The number of benzene rings is 2. The van der Waals surface area contributed by atoms with Crippen molar-refractivity contribution in [3.8, 4) is 0 Å². The third kappa shape index (κ3) is 5.42. The largest absolute Gasteiger partial charge is 0.467 e. The van der Waals surface area contributed by atoms with Crippen molar-refractivity contribution in [1.29, 1.82) is 0 Å². The van der Waals surface area contributed by atoms with Crippen LogP contribution in [0.4, 0.5) is 0 Å². The number of hydrogen-bond acceptors (Lipinski definition) is 5. The number of carbonyl (C=O) groups excluding carboxylic acids is 4. The van der Waals surface area contributed by atoms with Gasteiger partial charge in [-0.3, -0.25) is 14.4 Å². The molecule has 7 heteroatoms. The Hall–Kier alpha value is -3.74. The number of nitrogens with one attached hydrogen (secondary N) is 2. The lowest BCUT2D eigenvalue weighted by Crippen LogP contribution is -2.46. The second-order valence-corrected chi connectivity index (χ2v) is 8.82. The Morgan fingerprint density at radius 2 is 1.68 bits per heavy atom. The number of methoxy groups -OCH3 is 1. The number of amides is 2. The predicted molar refractivity (Wildman–Crippen MR) is 125 cm³/mol. The zero-order valence-electron chi connectivity index (χ0n) is 19.1. The second-order valence-electron chi connectivity index (χ2n) is 8.82. The average molecular weight is 461 g/mol. The van der Waals surface area contributed by atoms with Gasteiger partial charge in [0.25, 0.3) is 0 Å². The zero-order valence-corrected chi connectivity index (χ0v) is 19.1. The number of carbonyl (C=O) groups is 4. The molecule has 0 radical (unpaired) electrons. The van der Waals surface area contributed by atoms with E-state index in [1.54, 1.807) is 0 Å². The fourth-order valence-electron chi connectivity index (χ4n) is 4.70. The molecule has 0 spiro atoms. The molecule has 3 unspecified atom stereocenters. The van der Waals surface area contributed by atoms with E-state index in [9.17, 15) is 19.2 Å². The first-order chi connectivity index (χ1) is 16.4. The zero-order chi connectivity index (χ0) is 24.1. The molecule has 2 aliphatic rings. The van der Waals surface area contributed by atoms with Crippen LogP contribution in [0.2, 0.25) is 0 Å². The Labute approximate surface area is 198 Å². The Morgan fingerprint density at radius 1 is 1.00 bits per heavy atom. The molecule has 0 fully saturated rings. The van der Waals surface area contributed by atoms with E-state index in [4.69, 9.17) is 4.74 Å². The summed E-state index contributed by atoms with van der Waals surface area (Å²) in [5, 5.41) is 5.58. The molecule has 2 aromatic rings. The molecule has 2 amide bonds. The summed E-state index contributed by atoms with van der Waals surface area (Å²) in [6.45, 7) is 0. The highest BCUT2D eigenvalue weighted by Gasteiger charge is 2.37. The molecule has 1 heterocycles. The van der Waals surface area contributed by atoms with Gasteiger partial charge in [0.15, 0.2) is 5.78 Å². The average Bonchev–Trinajstić information content (AvgIpc) is 2.85. The molecule has 0 aromatic heterocycles. The lowest BCUT2D eigenvalue weighted by Gasteiger charge is -2.33. The molecule has 0 saturated carbocycles. The molecule has 4 rings (SSSR count). The highest BCUT2D eigenvalue weighted by Crippen LogP contribution is 2.38. The van der Waals surface area contributed by atoms with Gasteiger partial charge in [0, 0.05) is 30.5 Å². The van der Waals surface area contributed by atoms with Crippen molar-refractivity contribution in [2.24, 2.45) is 5.92 Å². The summed E-state index contributed by atoms with van der Waals surface area (Å²) < 4.78 is 4.84. The van der Waals surface area contributed by atoms with Gasteiger partial charge in [0.05, 0.1) is 13.0 Å². The van der Waals surface area contributed by atoms with Gasteiger partial charge in [-0.2, -0.15) is 0 Å². The number of rotatable bonds is 7. The normalized spacial score (nSPS) is 20.7. The number of ketones is 1. The third-order valence-corrected chi connectivity index (χ3v) is 6.48. The van der Waals surface area contributed by atoms with E-state index in [1.807, 2.05) is 60.7 Å². The lowest BCUT2D eigenvalue weighted by molar-refractivity contribution is -0.145. The van der Waals surface area contributed by atoms with Crippen molar-refractivity contribution in [3.63, 3.8) is 0 Å². The van der Waals surface area contributed by atoms with Crippen LogP contribution in [0.5, 0.6) is 0 Å². The molecule has 176 valence electrons. The van der Waals surface area contributed by atoms with Gasteiger partial charge < -0.3 is 15.4 Å². The standard InChI is InChI=1S/C27H28N2O5/c1-34-27(33)23(12-17-8-4-2-5-9-17)28-25(31)16-20-13-21-22(29-26(20)32)14-19(15-24(21)30)18-10-6-3-7-11-18/h2-11,19-20,23H,12-16H2,1H3,(H,28,31)(H,29,32). The van der Waals surface area contributed by atoms with Crippen LogP contribution in [0, 0.1) is 5.92 Å². The molecule has 1 aliphatic heterocycles. The lowest BCUT2D eigenvalue weighted by atomic mass is 9.77. The Morgan fingerprint density at radius 3 is 2.35 bits per heavy atom. The van der Waals surface area contributed by atoms with Gasteiger partial charge in [-0.25, -0.2) is 4.79 Å². The highest BCUT2D eigenvalue weighted by molar-refractivity contribution is 6.01. The monoisotopic (exact) mass is 460 g/mol. The van der Waals surface area contributed by atoms with Crippen LogP contribution in [0.3, 0.4) is 0 Å². The van der Waals surface area contributed by atoms with Crippen LogP contribution in [-0.2, 0) is 30.3 Å². The van der Waals surface area contributed by atoms with E-state index in [1.165, 1.54) is 7.11 Å². The van der Waals surface area contributed by atoms with E-state index >= 15 is 0 Å². The fourth-order valence-corrected chi connectivity index (χ4v) is 4.70. The molecular formula is C27H28N2O5. The third-order valence-electron chi connectivity index (χ3n) is 6.48. The topological polar surface area (TPSA) is 102 Å². The number of allylic oxidation sites excluding steroid dienone is 2. The molecule has 2 N–H and O–H groups in total. The molecular weight excluding hydrogens is 432 g/mol. The molecule has 0 saturated heterocycles. The summed E-state index contributed by atoms with van der Waals surface area (Å²) in [4.78, 5) is 50.6. The van der Waals surface area contributed by atoms with E-state index in [0.29, 0.717) is 24.1 Å².